The summed E-state index contributed by atoms with van der Waals surface area (Å²) in [6.07, 6.45) is 18.2. The van der Waals surface area contributed by atoms with E-state index in [1.807, 2.05) is 0 Å². The van der Waals surface area contributed by atoms with Crippen LogP contribution in [0.1, 0.15) is 77.0 Å². The van der Waals surface area contributed by atoms with E-state index < -0.39 is 0 Å². The number of hydrogen-bond donors (Lipinski definition) is 0. The molecule has 2 atom stereocenters. The van der Waals surface area contributed by atoms with Crippen molar-refractivity contribution in [3.8, 4) is 0 Å². The average molecular weight is 244 g/mol. The Morgan fingerprint density at radius 3 is 2.11 bits per heavy atom. The summed E-state index contributed by atoms with van der Waals surface area (Å²) < 4.78 is 0. The van der Waals surface area contributed by atoms with E-state index in [1.54, 1.807) is 12.8 Å². The predicted molar refractivity (Wildman–Crippen MR) is 89.6 cm³/mol. The molecule has 0 aromatic rings. The van der Waals surface area contributed by atoms with E-state index in [9.17, 15) is 0 Å². The van der Waals surface area contributed by atoms with Gasteiger partial charge in [-0.15, -0.1) is 0 Å². The molecule has 0 nitrogen and oxygen atoms in total. The molecule has 0 aliphatic heterocycles. The van der Waals surface area contributed by atoms with E-state index in [4.69, 9.17) is 0 Å². The van der Waals surface area contributed by atoms with Gasteiger partial charge in [-0.05, 0) is 5.92 Å². The van der Waals surface area contributed by atoms with Gasteiger partial charge in [0.15, 0.2) is 0 Å². The summed E-state index contributed by atoms with van der Waals surface area (Å²) in [5.74, 6) is 2.04. The molecule has 2 aliphatic carbocycles. The van der Waals surface area contributed by atoms with Crippen LogP contribution in [-0.2, 0) is 0 Å². The van der Waals surface area contributed by atoms with E-state index in [-0.39, 0.29) is 0 Å². The van der Waals surface area contributed by atoms with Crippen LogP contribution in [0.5, 0.6) is 0 Å². The van der Waals surface area contributed by atoms with Gasteiger partial charge in [0, 0.05) is 0 Å². The van der Waals surface area contributed by atoms with E-state index >= 15 is 0 Å². The molecule has 0 bridgehead atoms. The van der Waals surface area contributed by atoms with Crippen LogP contribution in [0.15, 0.2) is 0 Å². The first-order chi connectivity index (χ1) is 8.77. The molecule has 0 radical (unpaired) electrons. The van der Waals surface area contributed by atoms with Gasteiger partial charge in [0.05, 0.1) is 14.9 Å². The van der Waals surface area contributed by atoms with E-state index in [2.05, 4.69) is 15.6 Å². The highest BCUT2D eigenvalue weighted by Gasteiger charge is 2.39. The molecule has 18 heavy (non-hydrogen) atoms. The molecule has 0 aromatic heterocycles. The first-order valence-electron chi connectivity index (χ1n) is 8.77. The van der Waals surface area contributed by atoms with Crippen LogP contribution in [0, 0.1) is 5.92 Å². The summed E-state index contributed by atoms with van der Waals surface area (Å²) >= 11 is 0. The molecule has 2 saturated carbocycles. The van der Waals surface area contributed by atoms with Crippen LogP contribution < -0.4 is 0 Å². The van der Waals surface area contributed by atoms with Crippen molar-refractivity contribution in [1.29, 1.82) is 0 Å². The maximum Gasteiger partial charge on any atom is 0.105 e. The second kappa shape index (κ2) is 7.10. The zero-order chi connectivity index (χ0) is 12.8. The van der Waals surface area contributed by atoms with Gasteiger partial charge in [0.1, 0.15) is 7.85 Å². The quantitative estimate of drug-likeness (QED) is 0.655. The van der Waals surface area contributed by atoms with Gasteiger partial charge in [-0.25, -0.2) is 0 Å². The summed E-state index contributed by atoms with van der Waals surface area (Å²) in [5.41, 5.74) is 0. The van der Waals surface area contributed by atoms with Crippen LogP contribution in [0.4, 0.5) is 0 Å². The van der Waals surface area contributed by atoms with Crippen molar-refractivity contribution in [3.05, 3.63) is 0 Å². The predicted octanol–water partition coefficient (Wildman–Crippen LogP) is 2.88. The van der Waals surface area contributed by atoms with E-state index in [0.29, 0.717) is 0 Å². The lowest BCUT2D eigenvalue weighted by atomic mass is 9.34. The Hall–Kier alpha value is 0.195. The lowest BCUT2D eigenvalue weighted by molar-refractivity contribution is 0.291. The van der Waals surface area contributed by atoms with E-state index in [1.165, 1.54) is 71.4 Å². The molecule has 0 saturated heterocycles. The van der Waals surface area contributed by atoms with Gasteiger partial charge < -0.3 is 0 Å². The summed E-state index contributed by atoms with van der Waals surface area (Å²) in [4.78, 5) is 0. The Balaban J connectivity index is 2.01. The van der Waals surface area contributed by atoms with Crippen molar-refractivity contribution in [2.45, 2.75) is 88.2 Å². The van der Waals surface area contributed by atoms with Crippen LogP contribution in [0.2, 0.25) is 11.1 Å². The summed E-state index contributed by atoms with van der Waals surface area (Å²) in [6.45, 7) is 0. The van der Waals surface area contributed by atoms with Crippen LogP contribution in [0.25, 0.3) is 0 Å². The molecular formula is C15H31B3. The van der Waals surface area contributed by atoms with E-state index in [0.717, 1.165) is 17.0 Å². The molecule has 0 amide bonds. The largest absolute Gasteiger partial charge is 0.105 e. The topological polar surface area (TPSA) is 0 Å². The Kier molecular flexibility index (Phi) is 5.76. The smallest absolute Gasteiger partial charge is 0.0695 e. The van der Waals surface area contributed by atoms with Crippen molar-refractivity contribution < 1.29 is 0 Å². The normalized spacial score (nSPS) is 34.0. The zero-order valence-corrected chi connectivity index (χ0v) is 12.8. The first-order valence-corrected chi connectivity index (χ1v) is 8.77. The molecule has 0 heterocycles. The molecular weight excluding hydrogens is 213 g/mol. The number of rotatable bonds is 2. The summed E-state index contributed by atoms with van der Waals surface area (Å²) in [7, 11) is 6.44. The Morgan fingerprint density at radius 1 is 0.833 bits per heavy atom. The highest BCUT2D eigenvalue weighted by molar-refractivity contribution is 6.91. The van der Waals surface area contributed by atoms with Gasteiger partial charge in [0.25, 0.3) is 0 Å². The molecule has 100 valence electrons. The van der Waals surface area contributed by atoms with Crippen LogP contribution in [0.3, 0.4) is 0 Å². The second-order valence-electron chi connectivity index (χ2n) is 7.31. The minimum absolute atomic E-state index is 0.757. The maximum atomic E-state index is 2.52. The fourth-order valence-electron chi connectivity index (χ4n) is 4.82. The lowest BCUT2D eigenvalue weighted by Crippen LogP contribution is -2.29. The molecule has 2 fully saturated rings. The second-order valence-corrected chi connectivity index (χ2v) is 7.31. The van der Waals surface area contributed by atoms with Gasteiger partial charge in [-0.1, -0.05) is 88.2 Å². The molecule has 0 N–H and O–H groups in total. The van der Waals surface area contributed by atoms with Crippen LogP contribution >= 0.6 is 0 Å². The Labute approximate surface area is 117 Å². The average Bonchev–Trinajstić information content (AvgIpc) is 2.86. The molecule has 0 spiro atoms. The van der Waals surface area contributed by atoms with Crippen molar-refractivity contribution in [3.63, 3.8) is 0 Å². The third-order valence-corrected chi connectivity index (χ3v) is 6.11. The van der Waals surface area contributed by atoms with Crippen molar-refractivity contribution >= 4 is 22.8 Å². The summed E-state index contributed by atoms with van der Waals surface area (Å²) in [5, 5.41) is 0.757. The standard InChI is InChI=1S/C15H31B3/c16-14-9-5-3-1-2-4-8-13(12-14)15(18-17)10-6-7-11-15/h13-14,18H,1-12,16-17H2. The first kappa shape index (κ1) is 14.6. The Bertz CT molecular complexity index is 236. The molecule has 2 unspecified atom stereocenters. The lowest BCUT2D eigenvalue weighted by Gasteiger charge is -2.39. The van der Waals surface area contributed by atoms with Crippen molar-refractivity contribution in [1.82, 2.24) is 0 Å². The minimum Gasteiger partial charge on any atom is -0.0695 e. The monoisotopic (exact) mass is 244 g/mol. The third kappa shape index (κ3) is 3.61. The van der Waals surface area contributed by atoms with Crippen LogP contribution in [-0.4, -0.2) is 22.8 Å². The zero-order valence-electron chi connectivity index (χ0n) is 12.8. The SMILES string of the molecule is BBC1(C2CCCCCCCC(B)C2)CCCC1. The number of hydrogen-bond acceptors (Lipinski definition) is 0. The molecule has 2 rings (SSSR count). The molecule has 0 aromatic carbocycles. The fraction of sp³-hybridized carbons (Fsp3) is 1.00. The molecule has 2 aliphatic rings. The maximum absolute atomic E-state index is 2.52. The highest BCUT2D eigenvalue weighted by atomic mass is 14.4. The van der Waals surface area contributed by atoms with Gasteiger partial charge in [-0.3, -0.25) is 0 Å². The minimum atomic E-state index is 0.757. The highest BCUT2D eigenvalue weighted by Crippen LogP contribution is 2.54. The van der Waals surface area contributed by atoms with Crippen molar-refractivity contribution in [2.75, 3.05) is 0 Å². The molecule has 3 heteroatoms. The van der Waals surface area contributed by atoms with Gasteiger partial charge in [-0.2, -0.15) is 0 Å². The van der Waals surface area contributed by atoms with Gasteiger partial charge >= 0.3 is 0 Å². The van der Waals surface area contributed by atoms with Crippen molar-refractivity contribution in [2.24, 2.45) is 5.92 Å². The van der Waals surface area contributed by atoms with Gasteiger partial charge in [0.2, 0.25) is 0 Å². The fourth-order valence-corrected chi connectivity index (χ4v) is 4.82. The summed E-state index contributed by atoms with van der Waals surface area (Å²) in [6, 6.07) is 0. The third-order valence-electron chi connectivity index (χ3n) is 6.11. The Morgan fingerprint density at radius 2 is 1.44 bits per heavy atom.